The fourth-order valence-corrected chi connectivity index (χ4v) is 4.90. The van der Waals surface area contributed by atoms with Gasteiger partial charge in [0.25, 0.3) is 21.7 Å². The van der Waals surface area contributed by atoms with Gasteiger partial charge in [0.1, 0.15) is 28.0 Å². The number of benzene rings is 2. The summed E-state index contributed by atoms with van der Waals surface area (Å²) in [5.74, 6) is -1.82. The highest BCUT2D eigenvalue weighted by molar-refractivity contribution is 14.1. The minimum absolute atomic E-state index is 0.000972. The zero-order valence-corrected chi connectivity index (χ0v) is 25.8. The number of hydrogen-bond donors (Lipinski definition) is 6. The van der Waals surface area contributed by atoms with Crippen molar-refractivity contribution in [1.82, 2.24) is 14.6 Å². The van der Waals surface area contributed by atoms with E-state index in [0.29, 0.717) is 3.57 Å². The Bertz CT molecular complexity index is 1620. The van der Waals surface area contributed by atoms with Crippen LogP contribution in [-0.4, -0.2) is 55.4 Å². The first-order chi connectivity index (χ1) is 19.3. The second-order valence-electron chi connectivity index (χ2n) is 8.70. The molecule has 0 aliphatic heterocycles. The number of anilines is 3. The van der Waals surface area contributed by atoms with Gasteiger partial charge in [0.05, 0.1) is 29.6 Å². The topological polar surface area (TPSA) is 171 Å². The summed E-state index contributed by atoms with van der Waals surface area (Å²) in [5, 5.41) is 24.0. The van der Waals surface area contributed by atoms with Crippen LogP contribution in [0, 0.1) is 16.3 Å². The maximum Gasteiger partial charge on any atom is 0.298 e. The van der Waals surface area contributed by atoms with Crippen molar-refractivity contribution in [1.29, 1.82) is 0 Å². The van der Waals surface area contributed by atoms with Gasteiger partial charge in [-0.25, -0.2) is 9.11 Å². The third-order valence-corrected chi connectivity index (χ3v) is 7.93. The van der Waals surface area contributed by atoms with Gasteiger partial charge in [-0.1, -0.05) is 17.7 Å². The summed E-state index contributed by atoms with van der Waals surface area (Å²) in [6, 6.07) is 8.56. The zero-order chi connectivity index (χ0) is 30.5. The van der Waals surface area contributed by atoms with Crippen molar-refractivity contribution in [2.24, 2.45) is 7.05 Å². The second kappa shape index (κ2) is 13.8. The number of aromatic nitrogens is 1. The van der Waals surface area contributed by atoms with Gasteiger partial charge >= 0.3 is 0 Å². The van der Waals surface area contributed by atoms with Gasteiger partial charge in [0.2, 0.25) is 0 Å². The largest absolute Gasteiger partial charge is 0.454 e. The average molecular weight is 724 g/mol. The number of carbonyl (C=O) groups excluding carboxylic acids is 1. The molecule has 222 valence electrons. The number of rotatable bonds is 12. The molecular formula is C25H28ClFIN5O7S. The molecule has 0 radical (unpaired) electrons. The smallest absolute Gasteiger partial charge is 0.298 e. The molecule has 0 aliphatic rings. The predicted octanol–water partition coefficient (Wildman–Crippen LogP) is 2.98. The van der Waals surface area contributed by atoms with Crippen LogP contribution in [0.1, 0.15) is 22.3 Å². The van der Waals surface area contributed by atoms with E-state index in [2.05, 4.69) is 20.1 Å². The molecule has 0 unspecified atom stereocenters. The average Bonchev–Trinajstić information content (AvgIpc) is 2.93. The summed E-state index contributed by atoms with van der Waals surface area (Å²) in [6.07, 6.45) is -1.05. The van der Waals surface area contributed by atoms with Gasteiger partial charge < -0.3 is 25.6 Å². The van der Waals surface area contributed by atoms with Crippen molar-refractivity contribution < 1.29 is 32.6 Å². The zero-order valence-electron chi connectivity index (χ0n) is 22.1. The minimum atomic E-state index is -3.94. The number of nitrogens with one attached hydrogen (secondary N) is 4. The molecule has 0 saturated carbocycles. The van der Waals surface area contributed by atoms with Crippen molar-refractivity contribution >= 4 is 67.5 Å². The molecule has 0 saturated heterocycles. The monoisotopic (exact) mass is 723 g/mol. The lowest BCUT2D eigenvalue weighted by Gasteiger charge is -2.22. The molecule has 0 aliphatic carbocycles. The third-order valence-electron chi connectivity index (χ3n) is 5.84. The maximum atomic E-state index is 14.8. The Hall–Kier alpha value is -2.96. The van der Waals surface area contributed by atoms with Crippen LogP contribution in [0.2, 0.25) is 5.02 Å². The number of aliphatic hydroxyl groups is 2. The first-order valence-corrected chi connectivity index (χ1v) is 14.9. The number of hydrogen-bond acceptors (Lipinski definition) is 8. The van der Waals surface area contributed by atoms with Crippen LogP contribution in [0.3, 0.4) is 0 Å². The van der Waals surface area contributed by atoms with E-state index in [-0.39, 0.29) is 57.8 Å². The highest BCUT2D eigenvalue weighted by Crippen LogP contribution is 2.39. The van der Waals surface area contributed by atoms with Gasteiger partial charge in [-0.2, -0.15) is 8.42 Å². The molecule has 16 heteroatoms. The number of carbonyl (C=O) groups is 1. The molecule has 2 aromatic carbocycles. The van der Waals surface area contributed by atoms with E-state index in [1.807, 2.05) is 22.6 Å². The molecule has 3 aromatic rings. The van der Waals surface area contributed by atoms with Gasteiger partial charge in [0.15, 0.2) is 5.75 Å². The minimum Gasteiger partial charge on any atom is -0.454 e. The van der Waals surface area contributed by atoms with Crippen LogP contribution < -0.4 is 30.4 Å². The van der Waals surface area contributed by atoms with E-state index in [0.717, 1.165) is 4.57 Å². The van der Waals surface area contributed by atoms with E-state index >= 15 is 0 Å². The van der Waals surface area contributed by atoms with Crippen LogP contribution in [0.25, 0.3) is 0 Å². The lowest BCUT2D eigenvalue weighted by Crippen LogP contribution is -2.32. The van der Waals surface area contributed by atoms with E-state index < -0.39 is 40.2 Å². The number of nitrogens with zero attached hydrogens (tertiary/aromatic N) is 1. The summed E-state index contributed by atoms with van der Waals surface area (Å²) < 4.78 is 50.9. The second-order valence-corrected chi connectivity index (χ2v) is 11.9. The van der Waals surface area contributed by atoms with E-state index in [9.17, 15) is 27.5 Å². The number of amides is 1. The summed E-state index contributed by atoms with van der Waals surface area (Å²) in [5.41, 5.74) is -0.842. The summed E-state index contributed by atoms with van der Waals surface area (Å²) in [4.78, 5) is 26.8. The fourth-order valence-electron chi connectivity index (χ4n) is 3.62. The summed E-state index contributed by atoms with van der Waals surface area (Å²) in [6.45, 7) is 0.857. The summed E-state index contributed by atoms with van der Waals surface area (Å²) in [7, 11) is -1.35. The Morgan fingerprint density at radius 1 is 1.24 bits per heavy atom. The Balaban J connectivity index is 2.19. The molecule has 0 spiro atoms. The number of aliphatic hydroxyl groups excluding tert-OH is 2. The van der Waals surface area contributed by atoms with Crippen molar-refractivity contribution in [2.45, 2.75) is 19.4 Å². The molecule has 1 heterocycles. The van der Waals surface area contributed by atoms with Crippen molar-refractivity contribution in [3.05, 3.63) is 72.3 Å². The fraction of sp³-hybridized carbons (Fsp3) is 0.280. The highest BCUT2D eigenvalue weighted by Gasteiger charge is 2.27. The molecule has 12 nitrogen and oxygen atoms in total. The molecule has 1 amide bonds. The standard InChI is InChI=1S/C25H28ClFIN5O7S/c1-13-22(40-19-6-4-5-18(21(19)26)32-41(38,39)29-2)20(24(36)30-10-9-15(35)12-34)23(33(3)25(13)37)31-17-8-7-14(28)11-16(17)27/h4-8,11,15,29,31-32,34-35H,9-10,12H2,1-3H3,(H,30,36)/t15-/m0/s1. The van der Waals surface area contributed by atoms with Crippen molar-refractivity contribution in [3.63, 3.8) is 0 Å². The summed E-state index contributed by atoms with van der Waals surface area (Å²) >= 11 is 8.37. The van der Waals surface area contributed by atoms with Crippen LogP contribution in [0.4, 0.5) is 21.6 Å². The third kappa shape index (κ3) is 7.87. The molecule has 1 atom stereocenters. The number of ether oxygens (including phenoxy) is 1. The molecule has 6 N–H and O–H groups in total. The molecule has 0 fully saturated rings. The molecule has 0 bridgehead atoms. The van der Waals surface area contributed by atoms with Crippen molar-refractivity contribution in [3.8, 4) is 11.5 Å². The van der Waals surface area contributed by atoms with E-state index in [1.54, 1.807) is 6.07 Å². The van der Waals surface area contributed by atoms with Crippen LogP contribution in [0.5, 0.6) is 11.5 Å². The van der Waals surface area contributed by atoms with Crippen molar-refractivity contribution in [2.75, 3.05) is 30.2 Å². The first-order valence-electron chi connectivity index (χ1n) is 12.0. The quantitative estimate of drug-likeness (QED) is 0.155. The van der Waals surface area contributed by atoms with Crippen LogP contribution in [-0.2, 0) is 17.3 Å². The lowest BCUT2D eigenvalue weighted by atomic mass is 10.1. The van der Waals surface area contributed by atoms with Gasteiger partial charge in [-0.05, 0) is 66.3 Å². The van der Waals surface area contributed by atoms with Gasteiger partial charge in [-0.15, -0.1) is 0 Å². The Morgan fingerprint density at radius 3 is 2.59 bits per heavy atom. The SMILES string of the molecule is CNS(=O)(=O)Nc1cccc(Oc2c(C(=O)NCC[C@H](O)CO)c(Nc3ccc(I)cc3F)n(C)c(=O)c2C)c1Cl. The normalized spacial score (nSPS) is 12.1. The molecular weight excluding hydrogens is 696 g/mol. The van der Waals surface area contributed by atoms with Crippen LogP contribution >= 0.6 is 34.2 Å². The Kier molecular flexibility index (Phi) is 11.0. The van der Waals surface area contributed by atoms with Crippen LogP contribution in [0.15, 0.2) is 41.2 Å². The highest BCUT2D eigenvalue weighted by atomic mass is 127. The first kappa shape index (κ1) is 32.6. The predicted molar refractivity (Wildman–Crippen MR) is 162 cm³/mol. The molecule has 3 rings (SSSR count). The van der Waals surface area contributed by atoms with Gasteiger partial charge in [0, 0.05) is 24.2 Å². The Morgan fingerprint density at radius 2 is 1.95 bits per heavy atom. The Labute approximate surface area is 254 Å². The van der Waals surface area contributed by atoms with E-state index in [1.165, 1.54) is 51.4 Å². The number of pyridine rings is 1. The maximum absolute atomic E-state index is 14.8. The molecule has 1 aromatic heterocycles. The van der Waals surface area contributed by atoms with E-state index in [4.69, 9.17) is 21.4 Å². The van der Waals surface area contributed by atoms with Gasteiger partial charge in [-0.3, -0.25) is 18.9 Å². The molecule has 41 heavy (non-hydrogen) atoms. The number of halogens is 3. The lowest BCUT2D eigenvalue weighted by molar-refractivity contribution is 0.0833.